The van der Waals surface area contributed by atoms with E-state index in [2.05, 4.69) is 4.98 Å². The van der Waals surface area contributed by atoms with Crippen molar-refractivity contribution in [3.63, 3.8) is 0 Å². The first-order chi connectivity index (χ1) is 7.75. The highest BCUT2D eigenvalue weighted by atomic mass is 35.5. The van der Waals surface area contributed by atoms with Crippen LogP contribution >= 0.6 is 23.4 Å². The molecule has 4 heteroatoms. The summed E-state index contributed by atoms with van der Waals surface area (Å²) in [6.45, 7) is 0. The third-order valence-electron chi connectivity index (χ3n) is 2.07. The van der Waals surface area contributed by atoms with Crippen molar-refractivity contribution >= 4 is 23.4 Å². The molecule has 82 valence electrons. The molecule has 2 rings (SSSR count). The number of nitrogens with zero attached hydrogens (tertiary/aromatic N) is 1. The van der Waals surface area contributed by atoms with E-state index in [1.54, 1.807) is 36.3 Å². The number of thioether (sulfide) groups is 1. The summed E-state index contributed by atoms with van der Waals surface area (Å²) in [6, 6.07) is 9.08. The molecule has 16 heavy (non-hydrogen) atoms. The van der Waals surface area contributed by atoms with Gasteiger partial charge in [0.25, 0.3) is 0 Å². The molecule has 0 atom stereocenters. The molecule has 1 aromatic carbocycles. The van der Waals surface area contributed by atoms with Crippen LogP contribution < -0.4 is 0 Å². The molecule has 1 heterocycles. The van der Waals surface area contributed by atoms with E-state index in [-0.39, 0.29) is 5.75 Å². The number of aromatic nitrogens is 1. The fourth-order valence-electron chi connectivity index (χ4n) is 1.26. The van der Waals surface area contributed by atoms with Gasteiger partial charge in [0.2, 0.25) is 0 Å². The summed E-state index contributed by atoms with van der Waals surface area (Å²) in [6.07, 6.45) is 3.37. The molecular weight excluding hydrogens is 242 g/mol. The monoisotopic (exact) mass is 251 g/mol. The van der Waals surface area contributed by atoms with Gasteiger partial charge in [-0.2, -0.15) is 0 Å². The number of phenols is 1. The van der Waals surface area contributed by atoms with Gasteiger partial charge in [0.15, 0.2) is 0 Å². The first kappa shape index (κ1) is 11.3. The van der Waals surface area contributed by atoms with E-state index in [0.29, 0.717) is 5.02 Å². The van der Waals surface area contributed by atoms with E-state index in [9.17, 15) is 5.11 Å². The Kier molecular flexibility index (Phi) is 3.70. The highest BCUT2D eigenvalue weighted by Gasteiger charge is 2.01. The number of phenolic OH excluding ortho intramolecular Hbond substituents is 1. The number of benzene rings is 1. The van der Waals surface area contributed by atoms with Crippen molar-refractivity contribution in [1.29, 1.82) is 0 Å². The lowest BCUT2D eigenvalue weighted by Gasteiger charge is -2.03. The average molecular weight is 252 g/mol. The van der Waals surface area contributed by atoms with E-state index in [0.717, 1.165) is 16.2 Å². The molecule has 2 nitrogen and oxygen atoms in total. The summed E-state index contributed by atoms with van der Waals surface area (Å²) < 4.78 is 0. The smallest absolute Gasteiger partial charge is 0.116 e. The fourth-order valence-corrected chi connectivity index (χ4v) is 2.47. The standard InChI is InChI=1S/C12H10ClNOS/c13-12-7-14-5-4-9(12)8-16-11-3-1-2-10(15)6-11/h1-7,15H,8H2. The van der Waals surface area contributed by atoms with Gasteiger partial charge in [-0.05, 0) is 29.8 Å². The molecule has 0 spiro atoms. The van der Waals surface area contributed by atoms with Gasteiger partial charge in [0.1, 0.15) is 5.75 Å². The summed E-state index contributed by atoms with van der Waals surface area (Å²) in [7, 11) is 0. The van der Waals surface area contributed by atoms with Crippen LogP contribution in [0.25, 0.3) is 0 Å². The van der Waals surface area contributed by atoms with Crippen LogP contribution in [-0.2, 0) is 5.75 Å². The molecule has 0 aliphatic heterocycles. The molecule has 0 saturated carbocycles. The maximum absolute atomic E-state index is 9.32. The number of hydrogen-bond donors (Lipinski definition) is 1. The maximum Gasteiger partial charge on any atom is 0.116 e. The second-order valence-electron chi connectivity index (χ2n) is 3.25. The quantitative estimate of drug-likeness (QED) is 0.844. The first-order valence-electron chi connectivity index (χ1n) is 4.76. The molecular formula is C12H10ClNOS. The number of halogens is 1. The molecule has 0 fully saturated rings. The molecule has 2 aromatic rings. The van der Waals surface area contributed by atoms with Crippen LogP contribution in [-0.4, -0.2) is 10.1 Å². The molecule has 0 saturated heterocycles. The average Bonchev–Trinajstić information content (AvgIpc) is 2.28. The van der Waals surface area contributed by atoms with Crippen molar-refractivity contribution in [2.24, 2.45) is 0 Å². The number of hydrogen-bond acceptors (Lipinski definition) is 3. The summed E-state index contributed by atoms with van der Waals surface area (Å²) >= 11 is 7.63. The van der Waals surface area contributed by atoms with Gasteiger partial charge < -0.3 is 5.11 Å². The van der Waals surface area contributed by atoms with Crippen LogP contribution in [0.3, 0.4) is 0 Å². The third kappa shape index (κ3) is 2.90. The Labute approximate surface area is 103 Å². The van der Waals surface area contributed by atoms with Gasteiger partial charge in [-0.3, -0.25) is 4.98 Å². The number of pyridine rings is 1. The number of rotatable bonds is 3. The molecule has 0 radical (unpaired) electrons. The molecule has 0 aliphatic rings. The highest BCUT2D eigenvalue weighted by molar-refractivity contribution is 7.98. The largest absolute Gasteiger partial charge is 0.508 e. The molecule has 1 N–H and O–H groups in total. The normalized spacial score (nSPS) is 10.3. The molecule has 0 aliphatic carbocycles. The third-order valence-corrected chi connectivity index (χ3v) is 3.45. The highest BCUT2D eigenvalue weighted by Crippen LogP contribution is 2.27. The van der Waals surface area contributed by atoms with Crippen LogP contribution in [0.15, 0.2) is 47.6 Å². The van der Waals surface area contributed by atoms with Crippen molar-refractivity contribution in [2.75, 3.05) is 0 Å². The van der Waals surface area contributed by atoms with E-state index >= 15 is 0 Å². The van der Waals surface area contributed by atoms with Crippen molar-refractivity contribution in [1.82, 2.24) is 4.98 Å². The number of aromatic hydroxyl groups is 1. The first-order valence-corrected chi connectivity index (χ1v) is 6.12. The van der Waals surface area contributed by atoms with Crippen LogP contribution in [0, 0.1) is 0 Å². The minimum Gasteiger partial charge on any atom is -0.508 e. The van der Waals surface area contributed by atoms with Gasteiger partial charge in [-0.25, -0.2) is 0 Å². The van der Waals surface area contributed by atoms with Gasteiger partial charge in [0, 0.05) is 23.0 Å². The van der Waals surface area contributed by atoms with Crippen molar-refractivity contribution in [2.45, 2.75) is 10.6 Å². The Hall–Kier alpha value is -1.19. The van der Waals surface area contributed by atoms with Crippen molar-refractivity contribution in [3.8, 4) is 5.75 Å². The van der Waals surface area contributed by atoms with E-state index in [1.807, 2.05) is 18.2 Å². The predicted molar refractivity (Wildman–Crippen MR) is 66.9 cm³/mol. The van der Waals surface area contributed by atoms with E-state index in [4.69, 9.17) is 11.6 Å². The van der Waals surface area contributed by atoms with Crippen molar-refractivity contribution in [3.05, 3.63) is 53.3 Å². The van der Waals surface area contributed by atoms with Gasteiger partial charge >= 0.3 is 0 Å². The molecule has 0 bridgehead atoms. The Morgan fingerprint density at radius 1 is 1.31 bits per heavy atom. The van der Waals surface area contributed by atoms with E-state index in [1.165, 1.54) is 0 Å². The Morgan fingerprint density at radius 2 is 2.19 bits per heavy atom. The van der Waals surface area contributed by atoms with Crippen LogP contribution in [0.4, 0.5) is 0 Å². The lowest BCUT2D eigenvalue weighted by molar-refractivity contribution is 0.474. The fraction of sp³-hybridized carbons (Fsp3) is 0.0833. The summed E-state index contributed by atoms with van der Waals surface area (Å²) in [5.41, 5.74) is 1.05. The molecule has 0 amide bonds. The Bertz CT molecular complexity index is 490. The zero-order chi connectivity index (χ0) is 11.4. The second-order valence-corrected chi connectivity index (χ2v) is 4.71. The van der Waals surface area contributed by atoms with Crippen LogP contribution in [0.5, 0.6) is 5.75 Å². The van der Waals surface area contributed by atoms with Gasteiger partial charge in [0.05, 0.1) is 5.02 Å². The summed E-state index contributed by atoms with van der Waals surface area (Å²) in [4.78, 5) is 4.95. The summed E-state index contributed by atoms with van der Waals surface area (Å²) in [5, 5.41) is 9.99. The van der Waals surface area contributed by atoms with Gasteiger partial charge in [-0.15, -0.1) is 11.8 Å². The summed E-state index contributed by atoms with van der Waals surface area (Å²) in [5.74, 6) is 1.05. The van der Waals surface area contributed by atoms with E-state index < -0.39 is 0 Å². The lowest BCUT2D eigenvalue weighted by atomic mass is 10.3. The van der Waals surface area contributed by atoms with Gasteiger partial charge in [-0.1, -0.05) is 17.7 Å². The minimum absolute atomic E-state index is 0.283. The zero-order valence-corrected chi connectivity index (χ0v) is 10.0. The topological polar surface area (TPSA) is 33.1 Å². The van der Waals surface area contributed by atoms with Crippen molar-refractivity contribution < 1.29 is 5.11 Å². The zero-order valence-electron chi connectivity index (χ0n) is 8.43. The Morgan fingerprint density at radius 3 is 2.94 bits per heavy atom. The molecule has 0 unspecified atom stereocenters. The second kappa shape index (κ2) is 5.23. The van der Waals surface area contributed by atoms with Crippen LogP contribution in [0.1, 0.15) is 5.56 Å². The maximum atomic E-state index is 9.32. The Balaban J connectivity index is 2.05. The van der Waals surface area contributed by atoms with Crippen LogP contribution in [0.2, 0.25) is 5.02 Å². The predicted octanol–water partition coefficient (Wildman–Crippen LogP) is 3.73. The lowest BCUT2D eigenvalue weighted by Crippen LogP contribution is -1.83. The SMILES string of the molecule is Oc1cccc(SCc2ccncc2Cl)c1. The minimum atomic E-state index is 0.283. The molecule has 1 aromatic heterocycles.